The fourth-order valence-corrected chi connectivity index (χ4v) is 3.80. The Morgan fingerprint density at radius 3 is 2.19 bits per heavy atom. The third-order valence-corrected chi connectivity index (χ3v) is 5.21. The molecule has 1 saturated carbocycles. The van der Waals surface area contributed by atoms with E-state index >= 15 is 0 Å². The van der Waals surface area contributed by atoms with Crippen molar-refractivity contribution in [1.82, 2.24) is 5.32 Å². The highest BCUT2D eigenvalue weighted by Gasteiger charge is 2.40. The van der Waals surface area contributed by atoms with E-state index < -0.39 is 5.41 Å². The van der Waals surface area contributed by atoms with Crippen molar-refractivity contribution in [2.24, 2.45) is 0 Å². The molecule has 1 aliphatic rings. The summed E-state index contributed by atoms with van der Waals surface area (Å²) in [6.45, 7) is 2.60. The van der Waals surface area contributed by atoms with E-state index in [1.165, 1.54) is 6.42 Å². The monoisotopic (exact) mass is 350 g/mol. The lowest BCUT2D eigenvalue weighted by molar-refractivity contribution is -0.128. The van der Waals surface area contributed by atoms with Gasteiger partial charge in [-0.05, 0) is 49.6 Å². The Morgan fingerprint density at radius 1 is 0.923 bits per heavy atom. The zero-order valence-corrected chi connectivity index (χ0v) is 15.3. The molecule has 0 bridgehead atoms. The van der Waals surface area contributed by atoms with Crippen molar-refractivity contribution >= 4 is 17.5 Å². The first-order valence-corrected chi connectivity index (χ1v) is 9.41. The van der Waals surface area contributed by atoms with Crippen molar-refractivity contribution in [2.75, 3.05) is 11.9 Å². The molecule has 0 saturated heterocycles. The van der Waals surface area contributed by atoms with Crippen molar-refractivity contribution in [3.63, 3.8) is 0 Å². The van der Waals surface area contributed by atoms with Crippen LogP contribution in [0.15, 0.2) is 54.6 Å². The molecule has 3 rings (SSSR count). The van der Waals surface area contributed by atoms with Gasteiger partial charge in [-0.25, -0.2) is 0 Å². The topological polar surface area (TPSA) is 58.2 Å². The van der Waals surface area contributed by atoms with Gasteiger partial charge in [-0.3, -0.25) is 9.59 Å². The molecule has 4 heteroatoms. The van der Waals surface area contributed by atoms with Crippen LogP contribution in [0.5, 0.6) is 0 Å². The minimum Gasteiger partial charge on any atom is -0.356 e. The van der Waals surface area contributed by atoms with E-state index in [1.807, 2.05) is 49.4 Å². The summed E-state index contributed by atoms with van der Waals surface area (Å²) in [7, 11) is 0. The summed E-state index contributed by atoms with van der Waals surface area (Å²) in [5, 5.41) is 5.93. The first-order chi connectivity index (χ1) is 12.7. The summed E-state index contributed by atoms with van der Waals surface area (Å²) < 4.78 is 0. The molecule has 0 radical (unpaired) electrons. The van der Waals surface area contributed by atoms with Crippen LogP contribution in [0.2, 0.25) is 0 Å². The van der Waals surface area contributed by atoms with Gasteiger partial charge in [0.15, 0.2) is 0 Å². The van der Waals surface area contributed by atoms with E-state index in [0.29, 0.717) is 12.1 Å². The third-order valence-electron chi connectivity index (χ3n) is 5.21. The van der Waals surface area contributed by atoms with Crippen LogP contribution in [0.1, 0.15) is 54.9 Å². The standard InChI is InChI=1S/C22H26N2O2/c1-2-23-21(26)22(15-7-4-8-16-22)18-11-13-19(14-12-18)24-20(25)17-9-5-3-6-10-17/h3,5-6,9-14H,2,4,7-8,15-16H2,1H3,(H,23,26)(H,24,25). The average molecular weight is 350 g/mol. The van der Waals surface area contributed by atoms with Crippen molar-refractivity contribution in [3.05, 3.63) is 65.7 Å². The Balaban J connectivity index is 1.78. The Bertz CT molecular complexity index is 747. The average Bonchev–Trinajstić information content (AvgIpc) is 2.70. The molecular weight excluding hydrogens is 324 g/mol. The number of benzene rings is 2. The number of likely N-dealkylation sites (N-methyl/N-ethyl adjacent to an activating group) is 1. The summed E-state index contributed by atoms with van der Waals surface area (Å²) in [5.74, 6) is -0.00442. The second-order valence-corrected chi connectivity index (χ2v) is 6.90. The van der Waals surface area contributed by atoms with Gasteiger partial charge in [0.2, 0.25) is 5.91 Å². The van der Waals surface area contributed by atoms with E-state index in [2.05, 4.69) is 10.6 Å². The Morgan fingerprint density at radius 2 is 1.58 bits per heavy atom. The summed E-state index contributed by atoms with van der Waals surface area (Å²) in [4.78, 5) is 25.1. The molecule has 1 aliphatic carbocycles. The highest BCUT2D eigenvalue weighted by atomic mass is 16.2. The van der Waals surface area contributed by atoms with Crippen LogP contribution >= 0.6 is 0 Å². The number of carbonyl (C=O) groups excluding carboxylic acids is 2. The number of nitrogens with one attached hydrogen (secondary N) is 2. The third kappa shape index (κ3) is 3.79. The van der Waals surface area contributed by atoms with Crippen LogP contribution in [0.4, 0.5) is 5.69 Å². The summed E-state index contributed by atoms with van der Waals surface area (Å²) in [6.07, 6.45) is 5.10. The molecule has 2 N–H and O–H groups in total. The zero-order chi connectivity index (χ0) is 18.4. The Labute approximate surface area is 155 Å². The minimum atomic E-state index is -0.434. The molecule has 0 aliphatic heterocycles. The summed E-state index contributed by atoms with van der Waals surface area (Å²) in [6, 6.07) is 16.9. The van der Waals surface area contributed by atoms with Crippen molar-refractivity contribution < 1.29 is 9.59 Å². The zero-order valence-electron chi connectivity index (χ0n) is 15.3. The molecule has 2 aromatic rings. The fraction of sp³-hybridized carbons (Fsp3) is 0.364. The lowest BCUT2D eigenvalue weighted by Crippen LogP contribution is -2.45. The number of rotatable bonds is 5. The van der Waals surface area contributed by atoms with Crippen molar-refractivity contribution in [2.45, 2.75) is 44.4 Å². The second-order valence-electron chi connectivity index (χ2n) is 6.90. The van der Waals surface area contributed by atoms with E-state index in [-0.39, 0.29) is 11.8 Å². The van der Waals surface area contributed by atoms with E-state index in [1.54, 1.807) is 12.1 Å². The summed E-state index contributed by atoms with van der Waals surface area (Å²) in [5.41, 5.74) is 1.98. The smallest absolute Gasteiger partial charge is 0.255 e. The first-order valence-electron chi connectivity index (χ1n) is 9.41. The van der Waals surface area contributed by atoms with E-state index in [0.717, 1.165) is 36.9 Å². The Kier molecular flexibility index (Phi) is 5.71. The number of carbonyl (C=O) groups is 2. The normalized spacial score (nSPS) is 15.9. The number of hydrogen-bond acceptors (Lipinski definition) is 2. The largest absolute Gasteiger partial charge is 0.356 e. The van der Waals surface area contributed by atoms with Crippen LogP contribution < -0.4 is 10.6 Å². The van der Waals surface area contributed by atoms with Gasteiger partial charge in [0.1, 0.15) is 0 Å². The molecule has 1 fully saturated rings. The van der Waals surface area contributed by atoms with Crippen LogP contribution in [0, 0.1) is 0 Å². The predicted molar refractivity (Wildman–Crippen MR) is 104 cm³/mol. The molecule has 136 valence electrons. The maximum absolute atomic E-state index is 12.8. The highest BCUT2D eigenvalue weighted by molar-refractivity contribution is 6.04. The molecule has 0 aromatic heterocycles. The first kappa shape index (κ1) is 18.2. The molecule has 0 spiro atoms. The van der Waals surface area contributed by atoms with Crippen molar-refractivity contribution in [3.8, 4) is 0 Å². The molecule has 0 heterocycles. The highest BCUT2D eigenvalue weighted by Crippen LogP contribution is 2.40. The Hall–Kier alpha value is -2.62. The molecular formula is C22H26N2O2. The van der Waals surface area contributed by atoms with Gasteiger partial charge >= 0.3 is 0 Å². The maximum Gasteiger partial charge on any atom is 0.255 e. The fourth-order valence-electron chi connectivity index (χ4n) is 3.80. The van der Waals surface area contributed by atoms with Crippen LogP contribution in [0.3, 0.4) is 0 Å². The molecule has 0 unspecified atom stereocenters. The van der Waals surface area contributed by atoms with Gasteiger partial charge < -0.3 is 10.6 Å². The maximum atomic E-state index is 12.8. The lowest BCUT2D eigenvalue weighted by atomic mass is 9.68. The minimum absolute atomic E-state index is 0.126. The van der Waals surface area contributed by atoms with Gasteiger partial charge in [-0.2, -0.15) is 0 Å². The number of amides is 2. The number of hydrogen-bond donors (Lipinski definition) is 2. The van der Waals surface area contributed by atoms with Gasteiger partial charge in [0.05, 0.1) is 5.41 Å². The van der Waals surface area contributed by atoms with Gasteiger partial charge in [0, 0.05) is 17.8 Å². The van der Waals surface area contributed by atoms with Crippen molar-refractivity contribution in [1.29, 1.82) is 0 Å². The van der Waals surface area contributed by atoms with E-state index in [9.17, 15) is 9.59 Å². The number of anilines is 1. The molecule has 0 atom stereocenters. The van der Waals surface area contributed by atoms with Gasteiger partial charge in [-0.1, -0.05) is 49.6 Å². The lowest BCUT2D eigenvalue weighted by Gasteiger charge is -2.36. The van der Waals surface area contributed by atoms with Crippen LogP contribution in [-0.4, -0.2) is 18.4 Å². The molecule has 2 aromatic carbocycles. The molecule has 2 amide bonds. The van der Waals surface area contributed by atoms with E-state index in [4.69, 9.17) is 0 Å². The second kappa shape index (κ2) is 8.17. The van der Waals surface area contributed by atoms with Gasteiger partial charge in [0.25, 0.3) is 5.91 Å². The predicted octanol–water partition coefficient (Wildman–Crippen LogP) is 4.28. The quantitative estimate of drug-likeness (QED) is 0.846. The SMILES string of the molecule is CCNC(=O)C1(c2ccc(NC(=O)c3ccccc3)cc2)CCCCC1. The summed E-state index contributed by atoms with van der Waals surface area (Å²) >= 11 is 0. The molecule has 4 nitrogen and oxygen atoms in total. The molecule has 26 heavy (non-hydrogen) atoms. The van der Waals surface area contributed by atoms with Gasteiger partial charge in [-0.15, -0.1) is 0 Å². The van der Waals surface area contributed by atoms with Crippen LogP contribution in [-0.2, 0) is 10.2 Å². The van der Waals surface area contributed by atoms with Crippen LogP contribution in [0.25, 0.3) is 0 Å².